The van der Waals surface area contributed by atoms with Crippen LogP contribution in [0.15, 0.2) is 42.5 Å². The Bertz CT molecular complexity index is 535. The Morgan fingerprint density at radius 2 is 1.67 bits per heavy atom. The first-order valence-corrected chi connectivity index (χ1v) is 6.50. The van der Waals surface area contributed by atoms with Gasteiger partial charge in [0.15, 0.2) is 0 Å². The lowest BCUT2D eigenvalue weighted by atomic mass is 10.0. The number of benzene rings is 2. The maximum absolute atomic E-state index is 10.2. The highest BCUT2D eigenvalue weighted by atomic mass is 35.5. The summed E-state index contributed by atoms with van der Waals surface area (Å²) >= 11 is 11.8. The highest BCUT2D eigenvalue weighted by Crippen LogP contribution is 2.27. The van der Waals surface area contributed by atoms with Crippen LogP contribution in [0.1, 0.15) is 22.8 Å². The van der Waals surface area contributed by atoms with E-state index in [2.05, 4.69) is 0 Å². The molecule has 0 aliphatic heterocycles. The first kappa shape index (κ1) is 13.4. The lowest BCUT2D eigenvalue weighted by molar-refractivity contribution is 0.178. The molecule has 0 fully saturated rings. The van der Waals surface area contributed by atoms with Crippen LogP contribution < -0.4 is 0 Å². The maximum Gasteiger partial charge on any atom is 0.0830 e. The molecule has 0 amide bonds. The van der Waals surface area contributed by atoms with Crippen molar-refractivity contribution in [1.29, 1.82) is 0 Å². The Balaban J connectivity index is 2.13. The van der Waals surface area contributed by atoms with Gasteiger partial charge in [-0.15, -0.1) is 0 Å². The molecule has 2 rings (SSSR count). The molecule has 18 heavy (non-hydrogen) atoms. The van der Waals surface area contributed by atoms with Crippen molar-refractivity contribution in [1.82, 2.24) is 0 Å². The van der Waals surface area contributed by atoms with E-state index in [1.807, 2.05) is 31.2 Å². The van der Waals surface area contributed by atoms with Crippen LogP contribution in [0.2, 0.25) is 10.0 Å². The highest BCUT2D eigenvalue weighted by Gasteiger charge is 2.10. The fraction of sp³-hybridized carbons (Fsp3) is 0.200. The Labute approximate surface area is 117 Å². The Morgan fingerprint density at radius 3 is 2.28 bits per heavy atom. The normalized spacial score (nSPS) is 12.4. The molecule has 3 heteroatoms. The van der Waals surface area contributed by atoms with Gasteiger partial charge >= 0.3 is 0 Å². The Morgan fingerprint density at radius 1 is 1.00 bits per heavy atom. The summed E-state index contributed by atoms with van der Waals surface area (Å²) in [6.07, 6.45) is 0.000545. The molecule has 0 bridgehead atoms. The molecular weight excluding hydrogens is 267 g/mol. The maximum atomic E-state index is 10.2. The molecule has 0 spiro atoms. The average molecular weight is 281 g/mol. The van der Waals surface area contributed by atoms with E-state index in [-0.39, 0.29) is 0 Å². The summed E-state index contributed by atoms with van der Waals surface area (Å²) in [7, 11) is 0. The van der Waals surface area contributed by atoms with E-state index in [1.165, 1.54) is 5.56 Å². The average Bonchev–Trinajstić information content (AvgIpc) is 2.35. The van der Waals surface area contributed by atoms with Crippen molar-refractivity contribution in [3.63, 3.8) is 0 Å². The smallest absolute Gasteiger partial charge is 0.0830 e. The molecule has 1 atom stereocenters. The van der Waals surface area contributed by atoms with Gasteiger partial charge in [-0.3, -0.25) is 0 Å². The van der Waals surface area contributed by atoms with Crippen LogP contribution in [0.5, 0.6) is 0 Å². The van der Waals surface area contributed by atoms with E-state index >= 15 is 0 Å². The zero-order valence-electron chi connectivity index (χ0n) is 10.0. The van der Waals surface area contributed by atoms with Crippen molar-refractivity contribution < 1.29 is 5.11 Å². The van der Waals surface area contributed by atoms with Crippen molar-refractivity contribution in [3.8, 4) is 0 Å². The SMILES string of the molecule is Cc1ccc(CC(O)c2ccc(Cl)c(Cl)c2)cc1. The van der Waals surface area contributed by atoms with E-state index in [9.17, 15) is 5.11 Å². The van der Waals surface area contributed by atoms with Gasteiger partial charge < -0.3 is 5.11 Å². The third-order valence-electron chi connectivity index (χ3n) is 2.88. The van der Waals surface area contributed by atoms with Gasteiger partial charge in [-0.2, -0.15) is 0 Å². The van der Waals surface area contributed by atoms with Gasteiger partial charge in [0.2, 0.25) is 0 Å². The van der Waals surface area contributed by atoms with E-state index < -0.39 is 6.10 Å². The minimum atomic E-state index is -0.567. The number of halogens is 2. The molecule has 2 aromatic carbocycles. The monoisotopic (exact) mass is 280 g/mol. The summed E-state index contributed by atoms with van der Waals surface area (Å²) in [5.74, 6) is 0. The third kappa shape index (κ3) is 3.26. The molecule has 0 aromatic heterocycles. The number of aryl methyl sites for hydroxylation is 1. The molecule has 0 aliphatic carbocycles. The van der Waals surface area contributed by atoms with Crippen LogP contribution >= 0.6 is 23.2 Å². The molecule has 1 unspecified atom stereocenters. The molecular formula is C15H14Cl2O. The molecule has 0 aliphatic rings. The summed E-state index contributed by atoms with van der Waals surface area (Å²) in [5, 5.41) is 11.1. The van der Waals surface area contributed by atoms with Gasteiger partial charge in [-0.05, 0) is 30.2 Å². The standard InChI is InChI=1S/C15H14Cl2O/c1-10-2-4-11(5-3-10)8-15(18)12-6-7-13(16)14(17)9-12/h2-7,9,15,18H,8H2,1H3. The van der Waals surface area contributed by atoms with E-state index in [0.29, 0.717) is 16.5 Å². The summed E-state index contributed by atoms with van der Waals surface area (Å²) in [5.41, 5.74) is 3.09. The molecule has 2 aromatic rings. The van der Waals surface area contributed by atoms with E-state index in [4.69, 9.17) is 23.2 Å². The number of aliphatic hydroxyl groups excluding tert-OH is 1. The number of hydrogen-bond acceptors (Lipinski definition) is 1. The topological polar surface area (TPSA) is 20.2 Å². The van der Waals surface area contributed by atoms with Crippen LogP contribution in [0, 0.1) is 6.92 Å². The third-order valence-corrected chi connectivity index (χ3v) is 3.62. The second kappa shape index (κ2) is 5.75. The quantitative estimate of drug-likeness (QED) is 0.873. The lowest BCUT2D eigenvalue weighted by Gasteiger charge is -2.12. The van der Waals surface area contributed by atoms with E-state index in [0.717, 1.165) is 11.1 Å². The van der Waals surface area contributed by atoms with Gasteiger partial charge in [0.1, 0.15) is 0 Å². The van der Waals surface area contributed by atoms with Gasteiger partial charge in [-0.25, -0.2) is 0 Å². The van der Waals surface area contributed by atoms with Crippen LogP contribution in [0.25, 0.3) is 0 Å². The Hall–Kier alpha value is -1.02. The van der Waals surface area contributed by atoms with Crippen molar-refractivity contribution in [2.45, 2.75) is 19.4 Å². The second-order valence-electron chi connectivity index (χ2n) is 4.38. The van der Waals surface area contributed by atoms with Crippen LogP contribution in [-0.4, -0.2) is 5.11 Å². The number of hydrogen-bond donors (Lipinski definition) is 1. The van der Waals surface area contributed by atoms with Crippen LogP contribution in [0.4, 0.5) is 0 Å². The number of aliphatic hydroxyl groups is 1. The summed E-state index contributed by atoms with van der Waals surface area (Å²) in [4.78, 5) is 0. The second-order valence-corrected chi connectivity index (χ2v) is 5.19. The fourth-order valence-corrected chi connectivity index (χ4v) is 2.09. The minimum Gasteiger partial charge on any atom is -0.388 e. The predicted molar refractivity (Wildman–Crippen MR) is 76.3 cm³/mol. The van der Waals surface area contributed by atoms with Crippen molar-refractivity contribution in [2.75, 3.05) is 0 Å². The zero-order valence-corrected chi connectivity index (χ0v) is 11.5. The predicted octanol–water partition coefficient (Wildman–Crippen LogP) is 4.58. The molecule has 1 N–H and O–H groups in total. The largest absolute Gasteiger partial charge is 0.388 e. The summed E-state index contributed by atoms with van der Waals surface area (Å²) in [6, 6.07) is 13.3. The van der Waals surface area contributed by atoms with Gasteiger partial charge in [0.05, 0.1) is 16.1 Å². The molecule has 0 radical (unpaired) electrons. The lowest BCUT2D eigenvalue weighted by Crippen LogP contribution is -2.01. The molecule has 1 nitrogen and oxygen atoms in total. The van der Waals surface area contributed by atoms with Crippen molar-refractivity contribution in [2.24, 2.45) is 0 Å². The molecule has 0 saturated carbocycles. The minimum absolute atomic E-state index is 0.470. The number of rotatable bonds is 3. The fourth-order valence-electron chi connectivity index (χ4n) is 1.78. The van der Waals surface area contributed by atoms with Crippen molar-refractivity contribution >= 4 is 23.2 Å². The van der Waals surface area contributed by atoms with Crippen molar-refractivity contribution in [3.05, 3.63) is 69.2 Å². The Kier molecular flexibility index (Phi) is 4.28. The molecule has 94 valence electrons. The summed E-state index contributed by atoms with van der Waals surface area (Å²) < 4.78 is 0. The van der Waals surface area contributed by atoms with Gasteiger partial charge in [0, 0.05) is 6.42 Å². The first-order chi connectivity index (χ1) is 8.56. The molecule has 0 heterocycles. The highest BCUT2D eigenvalue weighted by molar-refractivity contribution is 6.42. The van der Waals surface area contributed by atoms with E-state index in [1.54, 1.807) is 18.2 Å². The van der Waals surface area contributed by atoms with Crippen LogP contribution in [-0.2, 0) is 6.42 Å². The summed E-state index contributed by atoms with van der Waals surface area (Å²) in [6.45, 7) is 2.04. The molecule has 0 saturated heterocycles. The first-order valence-electron chi connectivity index (χ1n) is 5.75. The van der Waals surface area contributed by atoms with Crippen LogP contribution in [0.3, 0.4) is 0 Å². The van der Waals surface area contributed by atoms with Gasteiger partial charge in [0.25, 0.3) is 0 Å². The van der Waals surface area contributed by atoms with Gasteiger partial charge in [-0.1, -0.05) is 59.1 Å². The zero-order chi connectivity index (χ0) is 13.1.